The number of carboxylic acids is 2. The molecule has 0 bridgehead atoms. The molecular formula is C30H46O6. The summed E-state index contributed by atoms with van der Waals surface area (Å²) < 4.78 is 0. The first-order chi connectivity index (χ1) is 17.0. The quantitative estimate of drug-likeness (QED) is 0.259. The Hall–Kier alpha value is -2.70. The average Bonchev–Trinajstić information content (AvgIpc) is 2.81. The Bertz CT molecular complexity index is 769. The summed E-state index contributed by atoms with van der Waals surface area (Å²) in [6, 6.07) is 14.2. The smallest absolute Gasteiger partial charge is 0.335 e. The van der Waals surface area contributed by atoms with Crippen LogP contribution in [0.15, 0.2) is 48.5 Å². The molecule has 2 atom stereocenters. The first-order valence-corrected chi connectivity index (χ1v) is 13.0. The molecule has 0 saturated heterocycles. The lowest BCUT2D eigenvalue weighted by atomic mass is 10.0. The fourth-order valence-corrected chi connectivity index (χ4v) is 3.42. The van der Waals surface area contributed by atoms with E-state index >= 15 is 0 Å². The van der Waals surface area contributed by atoms with Gasteiger partial charge in [0.25, 0.3) is 0 Å². The third-order valence-electron chi connectivity index (χ3n) is 5.40. The van der Waals surface area contributed by atoms with E-state index < -0.39 is 11.9 Å². The van der Waals surface area contributed by atoms with Crippen molar-refractivity contribution in [1.82, 2.24) is 0 Å². The summed E-state index contributed by atoms with van der Waals surface area (Å²) in [4.78, 5) is 21.1. The summed E-state index contributed by atoms with van der Waals surface area (Å²) in [5.74, 6) is -1.21. The topological polar surface area (TPSA) is 115 Å². The lowest BCUT2D eigenvalue weighted by Gasteiger charge is -2.13. The lowest BCUT2D eigenvalue weighted by molar-refractivity contribution is 0.0686. The highest BCUT2D eigenvalue weighted by molar-refractivity contribution is 5.87. The zero-order chi connectivity index (χ0) is 27.5. The van der Waals surface area contributed by atoms with Crippen LogP contribution in [0, 0.1) is 5.92 Å². The van der Waals surface area contributed by atoms with Gasteiger partial charge in [-0.1, -0.05) is 64.8 Å². The molecule has 2 rings (SSSR count). The Kier molecular flexibility index (Phi) is 18.0. The third kappa shape index (κ3) is 16.8. The lowest BCUT2D eigenvalue weighted by Crippen LogP contribution is -2.16. The van der Waals surface area contributed by atoms with Crippen molar-refractivity contribution in [3.8, 4) is 0 Å². The molecule has 6 heteroatoms. The van der Waals surface area contributed by atoms with E-state index in [-0.39, 0.29) is 12.2 Å². The van der Waals surface area contributed by atoms with E-state index in [1.54, 1.807) is 31.2 Å². The Morgan fingerprint density at radius 2 is 1.03 bits per heavy atom. The van der Waals surface area contributed by atoms with E-state index in [4.69, 9.17) is 15.3 Å². The average molecular weight is 503 g/mol. The predicted octanol–water partition coefficient (Wildman–Crippen LogP) is 6.62. The van der Waals surface area contributed by atoms with Crippen LogP contribution in [0.4, 0.5) is 0 Å². The normalized spacial score (nSPS) is 12.0. The minimum Gasteiger partial charge on any atom is -0.478 e. The highest BCUT2D eigenvalue weighted by Gasteiger charge is 2.09. The van der Waals surface area contributed by atoms with Crippen LogP contribution < -0.4 is 0 Å². The third-order valence-corrected chi connectivity index (χ3v) is 5.40. The number of aliphatic hydroxyl groups is 2. The maximum atomic E-state index is 10.5. The number of carbonyl (C=O) groups is 2. The van der Waals surface area contributed by atoms with Crippen LogP contribution in [0.3, 0.4) is 0 Å². The standard InChI is InChI=1S/2C11H14O2.C8H18O2/c2*1-2-3-4-9-5-7-10(8-6-9)11(12)13;1-6(2)4-8(10)5-7(3)9/h2*5-8H,2-4H2,1H3,(H,12,13);6-10H,4-5H2,1-3H3/t;;7-,8+/m..1/s1. The van der Waals surface area contributed by atoms with Crippen LogP contribution in [0.2, 0.25) is 0 Å². The SMILES string of the molecule is CC(C)C[C@H](O)C[C@@H](C)O.CCCCc1ccc(C(=O)O)cc1.CCCCc1ccc(C(=O)O)cc1. The molecule has 0 aromatic heterocycles. The van der Waals surface area contributed by atoms with Crippen molar-refractivity contribution in [2.75, 3.05) is 0 Å². The molecule has 2 aromatic carbocycles. The molecule has 0 aliphatic carbocycles. The van der Waals surface area contributed by atoms with E-state index in [1.807, 2.05) is 24.3 Å². The largest absolute Gasteiger partial charge is 0.478 e. The summed E-state index contributed by atoms with van der Waals surface area (Å²) in [5.41, 5.74) is 3.15. The minimum atomic E-state index is -0.859. The first-order valence-electron chi connectivity index (χ1n) is 13.0. The number of aliphatic hydroxyl groups excluding tert-OH is 2. The molecule has 202 valence electrons. The predicted molar refractivity (Wildman–Crippen MR) is 146 cm³/mol. The van der Waals surface area contributed by atoms with Gasteiger partial charge in [0.15, 0.2) is 0 Å². The monoisotopic (exact) mass is 502 g/mol. The van der Waals surface area contributed by atoms with Crippen LogP contribution in [0.5, 0.6) is 0 Å². The van der Waals surface area contributed by atoms with E-state index in [0.29, 0.717) is 23.5 Å². The molecule has 0 fully saturated rings. The molecule has 0 aliphatic heterocycles. The van der Waals surface area contributed by atoms with Gasteiger partial charge < -0.3 is 20.4 Å². The van der Waals surface area contributed by atoms with E-state index in [9.17, 15) is 14.7 Å². The second-order valence-electron chi connectivity index (χ2n) is 9.58. The van der Waals surface area contributed by atoms with E-state index in [0.717, 1.165) is 32.1 Å². The van der Waals surface area contributed by atoms with Gasteiger partial charge in [-0.05, 0) is 86.8 Å². The van der Waals surface area contributed by atoms with Gasteiger partial charge in [-0.25, -0.2) is 9.59 Å². The second kappa shape index (κ2) is 19.5. The first kappa shape index (κ1) is 33.3. The molecule has 0 spiro atoms. The number of hydrogen-bond acceptors (Lipinski definition) is 4. The highest BCUT2D eigenvalue weighted by Crippen LogP contribution is 2.10. The highest BCUT2D eigenvalue weighted by atomic mass is 16.4. The Morgan fingerprint density at radius 3 is 1.28 bits per heavy atom. The molecule has 0 heterocycles. The zero-order valence-electron chi connectivity index (χ0n) is 22.6. The number of rotatable bonds is 12. The molecular weight excluding hydrogens is 456 g/mol. The molecule has 4 N–H and O–H groups in total. The maximum Gasteiger partial charge on any atom is 0.335 e. The van der Waals surface area contributed by atoms with E-state index in [1.165, 1.54) is 24.0 Å². The summed E-state index contributed by atoms with van der Waals surface area (Å²) in [7, 11) is 0. The summed E-state index contributed by atoms with van der Waals surface area (Å²) >= 11 is 0. The van der Waals surface area contributed by atoms with Gasteiger partial charge in [-0.15, -0.1) is 0 Å². The van der Waals surface area contributed by atoms with Crippen LogP contribution in [0.25, 0.3) is 0 Å². The molecule has 6 nitrogen and oxygen atoms in total. The summed E-state index contributed by atoms with van der Waals surface area (Å²) in [5, 5.41) is 35.4. The number of aryl methyl sites for hydroxylation is 2. The van der Waals surface area contributed by atoms with Gasteiger partial charge in [0, 0.05) is 0 Å². The Balaban J connectivity index is 0.000000517. The summed E-state index contributed by atoms with van der Waals surface area (Å²) in [6.07, 6.45) is 7.30. The van der Waals surface area contributed by atoms with Crippen molar-refractivity contribution in [3.05, 3.63) is 70.8 Å². The zero-order valence-corrected chi connectivity index (χ0v) is 22.6. The number of benzene rings is 2. The van der Waals surface area contributed by atoms with E-state index in [2.05, 4.69) is 27.7 Å². The van der Waals surface area contributed by atoms with Gasteiger partial charge >= 0.3 is 11.9 Å². The van der Waals surface area contributed by atoms with Crippen molar-refractivity contribution in [2.24, 2.45) is 5.92 Å². The van der Waals surface area contributed by atoms with Crippen LogP contribution in [-0.4, -0.2) is 44.6 Å². The molecule has 0 radical (unpaired) electrons. The maximum absolute atomic E-state index is 10.5. The van der Waals surface area contributed by atoms with Crippen molar-refractivity contribution in [2.45, 2.75) is 98.2 Å². The Labute approximate surface area is 217 Å². The molecule has 36 heavy (non-hydrogen) atoms. The number of unbranched alkanes of at least 4 members (excludes halogenated alkanes) is 2. The fraction of sp³-hybridized carbons (Fsp3) is 0.533. The summed E-state index contributed by atoms with van der Waals surface area (Å²) in [6.45, 7) is 10.1. The van der Waals surface area contributed by atoms with Crippen molar-refractivity contribution in [1.29, 1.82) is 0 Å². The van der Waals surface area contributed by atoms with Gasteiger partial charge in [0.2, 0.25) is 0 Å². The van der Waals surface area contributed by atoms with Crippen molar-refractivity contribution >= 4 is 11.9 Å². The molecule has 0 amide bonds. The Morgan fingerprint density at radius 1 is 0.667 bits per heavy atom. The van der Waals surface area contributed by atoms with Gasteiger partial charge in [0.1, 0.15) is 0 Å². The van der Waals surface area contributed by atoms with Crippen molar-refractivity contribution in [3.63, 3.8) is 0 Å². The fourth-order valence-electron chi connectivity index (χ4n) is 3.42. The minimum absolute atomic E-state index is 0.333. The second-order valence-corrected chi connectivity index (χ2v) is 9.58. The molecule has 0 saturated carbocycles. The van der Waals surface area contributed by atoms with Gasteiger partial charge in [-0.2, -0.15) is 0 Å². The van der Waals surface area contributed by atoms with Crippen molar-refractivity contribution < 1.29 is 30.0 Å². The number of aromatic carboxylic acids is 2. The molecule has 0 unspecified atom stereocenters. The van der Waals surface area contributed by atoms with Crippen LogP contribution in [-0.2, 0) is 12.8 Å². The number of carboxylic acid groups (broad SMARTS) is 2. The van der Waals surface area contributed by atoms with Crippen LogP contribution in [0.1, 0.15) is 105 Å². The molecule has 0 aliphatic rings. The van der Waals surface area contributed by atoms with Crippen LogP contribution >= 0.6 is 0 Å². The number of hydrogen-bond donors (Lipinski definition) is 4. The van der Waals surface area contributed by atoms with Gasteiger partial charge in [0.05, 0.1) is 23.3 Å². The van der Waals surface area contributed by atoms with Gasteiger partial charge in [-0.3, -0.25) is 0 Å². The molecule has 2 aromatic rings.